The minimum Gasteiger partial charge on any atom is -0.452 e. The minimum absolute atomic E-state index is 0.178. The summed E-state index contributed by atoms with van der Waals surface area (Å²) in [5.74, 6) is 0.908. The molecule has 0 unspecified atom stereocenters. The monoisotopic (exact) mass is 432 g/mol. The van der Waals surface area contributed by atoms with Gasteiger partial charge in [0.1, 0.15) is 11.5 Å². The maximum Gasteiger partial charge on any atom is 0.415 e. The number of fused-ring (bicyclic) bond motifs is 2. The highest BCUT2D eigenvalue weighted by Crippen LogP contribution is 2.40. The molecular formula is C25H24N2O5. The molecule has 0 spiro atoms. The van der Waals surface area contributed by atoms with Gasteiger partial charge < -0.3 is 23.7 Å². The van der Waals surface area contributed by atoms with Crippen molar-refractivity contribution in [1.29, 1.82) is 0 Å². The van der Waals surface area contributed by atoms with Crippen LogP contribution in [0.1, 0.15) is 28.4 Å². The predicted molar refractivity (Wildman–Crippen MR) is 120 cm³/mol. The van der Waals surface area contributed by atoms with Gasteiger partial charge in [-0.25, -0.2) is 4.79 Å². The Morgan fingerprint density at radius 3 is 2.72 bits per heavy atom. The van der Waals surface area contributed by atoms with Gasteiger partial charge in [-0.3, -0.25) is 4.79 Å². The molecule has 0 aliphatic carbocycles. The Hall–Kier alpha value is -3.58. The van der Waals surface area contributed by atoms with Crippen molar-refractivity contribution < 1.29 is 23.8 Å². The summed E-state index contributed by atoms with van der Waals surface area (Å²) in [4.78, 5) is 27.1. The van der Waals surface area contributed by atoms with Crippen molar-refractivity contribution in [2.24, 2.45) is 0 Å². The van der Waals surface area contributed by atoms with E-state index in [9.17, 15) is 9.59 Å². The highest BCUT2D eigenvalue weighted by molar-refractivity contribution is 6.15. The molecule has 3 aromatic rings. The number of aryl methyl sites for hydroxylation is 1. The normalized spacial score (nSPS) is 17.0. The maximum atomic E-state index is 13.0. The Balaban J connectivity index is 1.44. The van der Waals surface area contributed by atoms with E-state index in [0.717, 1.165) is 23.0 Å². The summed E-state index contributed by atoms with van der Waals surface area (Å²) in [6.07, 6.45) is 3.39. The van der Waals surface area contributed by atoms with E-state index >= 15 is 0 Å². The summed E-state index contributed by atoms with van der Waals surface area (Å²) in [6.45, 7) is 6.69. The zero-order valence-corrected chi connectivity index (χ0v) is 18.1. The van der Waals surface area contributed by atoms with E-state index < -0.39 is 6.09 Å². The van der Waals surface area contributed by atoms with Gasteiger partial charge in [0.05, 0.1) is 18.8 Å². The van der Waals surface area contributed by atoms with E-state index in [1.54, 1.807) is 30.0 Å². The highest BCUT2D eigenvalue weighted by atomic mass is 16.6. The van der Waals surface area contributed by atoms with Crippen molar-refractivity contribution in [3.05, 3.63) is 65.0 Å². The first-order chi connectivity index (χ1) is 15.6. The van der Waals surface area contributed by atoms with Crippen molar-refractivity contribution in [3.8, 4) is 11.5 Å². The van der Waals surface area contributed by atoms with Crippen LogP contribution in [0.2, 0.25) is 0 Å². The molecule has 0 bridgehead atoms. The lowest BCUT2D eigenvalue weighted by Crippen LogP contribution is -2.42. The van der Waals surface area contributed by atoms with Crippen molar-refractivity contribution in [2.45, 2.75) is 20.4 Å². The van der Waals surface area contributed by atoms with Crippen LogP contribution in [0.3, 0.4) is 0 Å². The van der Waals surface area contributed by atoms with Crippen LogP contribution in [0, 0.1) is 6.92 Å². The lowest BCUT2D eigenvalue weighted by Gasteiger charge is -2.26. The number of Topliss-reactive ketones (excluding diaryl/α,β-unsaturated/α-hetero) is 1. The van der Waals surface area contributed by atoms with Gasteiger partial charge in [0.25, 0.3) is 0 Å². The fraction of sp³-hybridized carbons (Fsp3) is 0.280. The lowest BCUT2D eigenvalue weighted by molar-refractivity contribution is 0.0415. The number of hydrogen-bond acceptors (Lipinski definition) is 5. The van der Waals surface area contributed by atoms with Gasteiger partial charge in [0, 0.05) is 47.9 Å². The largest absolute Gasteiger partial charge is 0.452 e. The number of carbonyl (C=O) groups is 2. The molecule has 1 saturated heterocycles. The zero-order chi connectivity index (χ0) is 22.2. The molecule has 3 heterocycles. The van der Waals surface area contributed by atoms with Crippen LogP contribution in [-0.2, 0) is 11.3 Å². The third-order valence-electron chi connectivity index (χ3n) is 5.95. The fourth-order valence-electron chi connectivity index (χ4n) is 4.18. The van der Waals surface area contributed by atoms with Gasteiger partial charge in [0.2, 0.25) is 5.78 Å². The number of nitrogens with zero attached hydrogens (tertiary/aromatic N) is 2. The van der Waals surface area contributed by atoms with Crippen LogP contribution in [0.4, 0.5) is 4.79 Å². The topological polar surface area (TPSA) is 70.0 Å². The van der Waals surface area contributed by atoms with Gasteiger partial charge in [-0.2, -0.15) is 0 Å². The summed E-state index contributed by atoms with van der Waals surface area (Å²) >= 11 is 0. The van der Waals surface area contributed by atoms with E-state index in [0.29, 0.717) is 48.9 Å². The van der Waals surface area contributed by atoms with Crippen LogP contribution in [0.25, 0.3) is 17.0 Å². The third kappa shape index (κ3) is 3.44. The van der Waals surface area contributed by atoms with Gasteiger partial charge in [-0.05, 0) is 38.1 Å². The molecular weight excluding hydrogens is 408 g/mol. The molecule has 2 aliphatic rings. The standard InChI is InChI=1S/C25H24N2O5/c1-3-26-15-17(18-6-4-5-7-20(18)26)14-22-23(28)19-8-9-21(16(2)24(19)31-22)32-25(29)27-10-12-30-13-11-27/h4-9,14-15H,3,10-13H2,1-2H3/b22-14+. The van der Waals surface area contributed by atoms with Crippen LogP contribution >= 0.6 is 0 Å². The van der Waals surface area contributed by atoms with E-state index in [1.807, 2.05) is 24.4 Å². The second kappa shape index (κ2) is 8.16. The quantitative estimate of drug-likeness (QED) is 0.573. The SMILES string of the molecule is CCn1cc(/C=C2/Oc3c(ccc(OC(=O)N4CCOCC4)c3C)C2=O)c2ccccc21. The average Bonchev–Trinajstić information content (AvgIpc) is 3.34. The Bertz CT molecular complexity index is 1250. The van der Waals surface area contributed by atoms with Gasteiger partial charge in [-0.15, -0.1) is 0 Å². The number of morpholine rings is 1. The van der Waals surface area contributed by atoms with E-state index in [-0.39, 0.29) is 11.5 Å². The fourth-order valence-corrected chi connectivity index (χ4v) is 4.18. The Labute approximate surface area is 185 Å². The second-order valence-electron chi connectivity index (χ2n) is 7.86. The number of ketones is 1. The molecule has 0 atom stereocenters. The summed E-state index contributed by atoms with van der Waals surface area (Å²) in [7, 11) is 0. The number of aromatic nitrogens is 1. The number of rotatable bonds is 3. The van der Waals surface area contributed by atoms with Crippen molar-refractivity contribution in [1.82, 2.24) is 9.47 Å². The molecule has 1 aromatic heterocycles. The molecule has 5 rings (SSSR count). The number of para-hydroxylation sites is 1. The van der Waals surface area contributed by atoms with Gasteiger partial charge >= 0.3 is 6.09 Å². The smallest absolute Gasteiger partial charge is 0.415 e. The number of amides is 1. The van der Waals surface area contributed by atoms with Crippen molar-refractivity contribution in [3.63, 3.8) is 0 Å². The Morgan fingerprint density at radius 2 is 1.94 bits per heavy atom. The summed E-state index contributed by atoms with van der Waals surface area (Å²) in [5, 5.41) is 1.06. The number of hydrogen-bond donors (Lipinski definition) is 0. The highest BCUT2D eigenvalue weighted by Gasteiger charge is 2.31. The number of ether oxygens (including phenoxy) is 3. The van der Waals surface area contributed by atoms with Crippen LogP contribution in [0.15, 0.2) is 48.4 Å². The van der Waals surface area contributed by atoms with E-state index in [4.69, 9.17) is 14.2 Å². The predicted octanol–water partition coefficient (Wildman–Crippen LogP) is 4.42. The number of allylic oxidation sites excluding steroid dienone is 1. The summed E-state index contributed by atoms with van der Waals surface area (Å²) in [6, 6.07) is 11.4. The molecule has 2 aliphatic heterocycles. The molecule has 7 heteroatoms. The Morgan fingerprint density at radius 1 is 1.16 bits per heavy atom. The molecule has 0 N–H and O–H groups in total. The molecule has 1 amide bonds. The maximum absolute atomic E-state index is 13.0. The minimum atomic E-state index is -0.427. The lowest BCUT2D eigenvalue weighted by atomic mass is 10.1. The van der Waals surface area contributed by atoms with Crippen LogP contribution in [-0.4, -0.2) is 47.6 Å². The average molecular weight is 432 g/mol. The van der Waals surface area contributed by atoms with Gasteiger partial charge in [0.15, 0.2) is 5.76 Å². The molecule has 7 nitrogen and oxygen atoms in total. The third-order valence-corrected chi connectivity index (χ3v) is 5.95. The molecule has 32 heavy (non-hydrogen) atoms. The van der Waals surface area contributed by atoms with Crippen LogP contribution < -0.4 is 9.47 Å². The zero-order valence-electron chi connectivity index (χ0n) is 18.1. The first-order valence-electron chi connectivity index (χ1n) is 10.8. The van der Waals surface area contributed by atoms with E-state index in [1.165, 1.54) is 0 Å². The molecule has 1 fully saturated rings. The molecule has 2 aromatic carbocycles. The molecule has 0 saturated carbocycles. The molecule has 0 radical (unpaired) electrons. The Kier molecular flexibility index (Phi) is 5.19. The van der Waals surface area contributed by atoms with Crippen molar-refractivity contribution >= 4 is 28.9 Å². The summed E-state index contributed by atoms with van der Waals surface area (Å²) < 4.78 is 19.0. The first kappa shape index (κ1) is 20.3. The number of benzene rings is 2. The summed E-state index contributed by atoms with van der Waals surface area (Å²) in [5.41, 5.74) is 3.13. The number of carbonyl (C=O) groups excluding carboxylic acids is 2. The van der Waals surface area contributed by atoms with Gasteiger partial charge in [-0.1, -0.05) is 18.2 Å². The van der Waals surface area contributed by atoms with Crippen LogP contribution in [0.5, 0.6) is 11.5 Å². The van der Waals surface area contributed by atoms with Crippen molar-refractivity contribution in [2.75, 3.05) is 26.3 Å². The van der Waals surface area contributed by atoms with E-state index in [2.05, 4.69) is 17.6 Å². The molecule has 164 valence electrons. The second-order valence-corrected chi connectivity index (χ2v) is 7.86. The first-order valence-corrected chi connectivity index (χ1v) is 10.8.